The van der Waals surface area contributed by atoms with E-state index < -0.39 is 5.97 Å². The molecule has 1 aromatic rings. The highest BCUT2D eigenvalue weighted by Crippen LogP contribution is 2.25. The van der Waals surface area contributed by atoms with E-state index >= 15 is 0 Å². The predicted molar refractivity (Wildman–Crippen MR) is 61.2 cm³/mol. The van der Waals surface area contributed by atoms with E-state index in [1.165, 1.54) is 5.56 Å². The first kappa shape index (κ1) is 11.8. The van der Waals surface area contributed by atoms with Gasteiger partial charge in [-0.3, -0.25) is 4.79 Å². The number of carboxylic acids is 1. The molecule has 0 amide bonds. The number of hydrogen-bond acceptors (Lipinski definition) is 1. The van der Waals surface area contributed by atoms with Gasteiger partial charge in [-0.2, -0.15) is 0 Å². The molecule has 82 valence electrons. The standard InChI is InChI=1S/C13H18O2/c1-4-5-12(13(14)15)11-7-6-9(2)8-10(11)3/h6-8,12H,4-5H2,1-3H3,(H,14,15). The van der Waals surface area contributed by atoms with Crippen LogP contribution in [-0.4, -0.2) is 11.1 Å². The Morgan fingerprint density at radius 2 is 2.07 bits per heavy atom. The fraction of sp³-hybridized carbons (Fsp3) is 0.462. The number of carboxylic acid groups (broad SMARTS) is 1. The molecule has 2 nitrogen and oxygen atoms in total. The molecule has 0 bridgehead atoms. The van der Waals surface area contributed by atoms with E-state index in [2.05, 4.69) is 0 Å². The molecular weight excluding hydrogens is 188 g/mol. The van der Waals surface area contributed by atoms with Crippen LogP contribution in [0.1, 0.15) is 42.4 Å². The van der Waals surface area contributed by atoms with E-state index in [4.69, 9.17) is 5.11 Å². The smallest absolute Gasteiger partial charge is 0.310 e. The van der Waals surface area contributed by atoms with Crippen molar-refractivity contribution in [3.05, 3.63) is 34.9 Å². The zero-order valence-electron chi connectivity index (χ0n) is 9.58. The first-order chi connectivity index (χ1) is 7.06. The summed E-state index contributed by atoms with van der Waals surface area (Å²) in [5, 5.41) is 9.15. The second kappa shape index (κ2) is 4.96. The number of rotatable bonds is 4. The van der Waals surface area contributed by atoms with Gasteiger partial charge >= 0.3 is 5.97 Å². The van der Waals surface area contributed by atoms with Crippen molar-refractivity contribution in [1.29, 1.82) is 0 Å². The van der Waals surface area contributed by atoms with Crippen LogP contribution in [0.5, 0.6) is 0 Å². The van der Waals surface area contributed by atoms with Gasteiger partial charge in [0.2, 0.25) is 0 Å². The lowest BCUT2D eigenvalue weighted by Crippen LogP contribution is -2.12. The Balaban J connectivity index is 3.05. The number of aliphatic carboxylic acids is 1. The van der Waals surface area contributed by atoms with Crippen molar-refractivity contribution in [2.24, 2.45) is 0 Å². The molecule has 0 saturated heterocycles. The molecule has 0 saturated carbocycles. The lowest BCUT2D eigenvalue weighted by molar-refractivity contribution is -0.139. The summed E-state index contributed by atoms with van der Waals surface area (Å²) in [5.41, 5.74) is 3.21. The fourth-order valence-corrected chi connectivity index (χ4v) is 1.92. The molecule has 2 heteroatoms. The fourth-order valence-electron chi connectivity index (χ4n) is 1.92. The molecule has 0 spiro atoms. The van der Waals surface area contributed by atoms with Crippen LogP contribution in [0, 0.1) is 13.8 Å². The molecule has 0 fully saturated rings. The van der Waals surface area contributed by atoms with Crippen LogP contribution in [0.2, 0.25) is 0 Å². The van der Waals surface area contributed by atoms with Gasteiger partial charge in [-0.15, -0.1) is 0 Å². The van der Waals surface area contributed by atoms with E-state index in [9.17, 15) is 4.79 Å². The van der Waals surface area contributed by atoms with Crippen LogP contribution in [0.25, 0.3) is 0 Å². The van der Waals surface area contributed by atoms with Crippen molar-refractivity contribution in [3.63, 3.8) is 0 Å². The largest absolute Gasteiger partial charge is 0.481 e. The molecular formula is C13H18O2. The molecule has 1 atom stereocenters. The monoisotopic (exact) mass is 206 g/mol. The van der Waals surface area contributed by atoms with Crippen LogP contribution in [-0.2, 0) is 4.79 Å². The van der Waals surface area contributed by atoms with E-state index in [-0.39, 0.29) is 5.92 Å². The Kier molecular flexibility index (Phi) is 3.89. The lowest BCUT2D eigenvalue weighted by atomic mass is 9.90. The SMILES string of the molecule is CCCC(C(=O)O)c1ccc(C)cc1C. The van der Waals surface area contributed by atoms with Crippen molar-refractivity contribution in [3.8, 4) is 0 Å². The van der Waals surface area contributed by atoms with Gasteiger partial charge < -0.3 is 5.11 Å². The second-order valence-corrected chi connectivity index (χ2v) is 4.04. The average Bonchev–Trinajstić information content (AvgIpc) is 2.15. The van der Waals surface area contributed by atoms with Gasteiger partial charge in [0.15, 0.2) is 0 Å². The quantitative estimate of drug-likeness (QED) is 0.820. The van der Waals surface area contributed by atoms with Gasteiger partial charge in [0.25, 0.3) is 0 Å². The highest BCUT2D eigenvalue weighted by atomic mass is 16.4. The molecule has 0 aromatic heterocycles. The maximum absolute atomic E-state index is 11.1. The molecule has 1 aromatic carbocycles. The number of aryl methyl sites for hydroxylation is 2. The second-order valence-electron chi connectivity index (χ2n) is 4.04. The Labute approximate surface area is 90.9 Å². The van der Waals surface area contributed by atoms with Gasteiger partial charge in [0.05, 0.1) is 5.92 Å². The average molecular weight is 206 g/mol. The summed E-state index contributed by atoms with van der Waals surface area (Å²) in [5.74, 6) is -1.07. The third-order valence-corrected chi connectivity index (χ3v) is 2.68. The van der Waals surface area contributed by atoms with Crippen LogP contribution in [0.15, 0.2) is 18.2 Å². The van der Waals surface area contributed by atoms with Crippen LogP contribution < -0.4 is 0 Å². The number of carbonyl (C=O) groups is 1. The zero-order chi connectivity index (χ0) is 11.4. The number of benzene rings is 1. The van der Waals surface area contributed by atoms with E-state index in [0.717, 1.165) is 17.5 Å². The molecule has 0 aliphatic heterocycles. The Morgan fingerprint density at radius 1 is 1.40 bits per heavy atom. The molecule has 1 unspecified atom stereocenters. The predicted octanol–water partition coefficient (Wildman–Crippen LogP) is 3.27. The molecule has 0 heterocycles. The summed E-state index contributed by atoms with van der Waals surface area (Å²) < 4.78 is 0. The summed E-state index contributed by atoms with van der Waals surface area (Å²) in [6.45, 7) is 6.01. The van der Waals surface area contributed by atoms with Crippen LogP contribution in [0.3, 0.4) is 0 Å². The maximum Gasteiger partial charge on any atom is 0.310 e. The van der Waals surface area contributed by atoms with Gasteiger partial charge in [-0.25, -0.2) is 0 Å². The summed E-state index contributed by atoms with van der Waals surface area (Å²) >= 11 is 0. The first-order valence-corrected chi connectivity index (χ1v) is 5.36. The van der Waals surface area contributed by atoms with Crippen LogP contribution >= 0.6 is 0 Å². The van der Waals surface area contributed by atoms with Crippen molar-refractivity contribution >= 4 is 5.97 Å². The minimum Gasteiger partial charge on any atom is -0.481 e. The molecule has 15 heavy (non-hydrogen) atoms. The minimum atomic E-state index is -0.719. The molecule has 0 aliphatic carbocycles. The molecule has 0 aliphatic rings. The summed E-state index contributed by atoms with van der Waals surface area (Å²) in [7, 11) is 0. The lowest BCUT2D eigenvalue weighted by Gasteiger charge is -2.14. The zero-order valence-corrected chi connectivity index (χ0v) is 9.58. The first-order valence-electron chi connectivity index (χ1n) is 5.36. The Hall–Kier alpha value is -1.31. The summed E-state index contributed by atoms with van der Waals surface area (Å²) in [6.07, 6.45) is 1.60. The highest BCUT2D eigenvalue weighted by molar-refractivity contribution is 5.76. The molecule has 0 radical (unpaired) electrons. The molecule has 1 N–H and O–H groups in total. The third-order valence-electron chi connectivity index (χ3n) is 2.68. The van der Waals surface area contributed by atoms with E-state index in [1.807, 2.05) is 39.0 Å². The number of hydrogen-bond donors (Lipinski definition) is 1. The van der Waals surface area contributed by atoms with Gasteiger partial charge in [-0.05, 0) is 31.4 Å². The van der Waals surface area contributed by atoms with Gasteiger partial charge in [0, 0.05) is 0 Å². The topological polar surface area (TPSA) is 37.3 Å². The third kappa shape index (κ3) is 2.82. The van der Waals surface area contributed by atoms with Crippen molar-refractivity contribution in [2.45, 2.75) is 39.5 Å². The van der Waals surface area contributed by atoms with E-state index in [0.29, 0.717) is 6.42 Å². The van der Waals surface area contributed by atoms with Crippen molar-refractivity contribution in [1.82, 2.24) is 0 Å². The molecule has 1 rings (SSSR count). The Bertz CT molecular complexity index is 356. The summed E-state index contributed by atoms with van der Waals surface area (Å²) in [4.78, 5) is 11.1. The minimum absolute atomic E-state index is 0.351. The van der Waals surface area contributed by atoms with E-state index in [1.54, 1.807) is 0 Å². The normalized spacial score (nSPS) is 12.5. The van der Waals surface area contributed by atoms with Crippen LogP contribution in [0.4, 0.5) is 0 Å². The highest BCUT2D eigenvalue weighted by Gasteiger charge is 2.20. The van der Waals surface area contributed by atoms with Crippen molar-refractivity contribution in [2.75, 3.05) is 0 Å². The van der Waals surface area contributed by atoms with Crippen molar-refractivity contribution < 1.29 is 9.90 Å². The summed E-state index contributed by atoms with van der Waals surface area (Å²) in [6, 6.07) is 5.97. The Morgan fingerprint density at radius 3 is 2.53 bits per heavy atom. The van der Waals surface area contributed by atoms with Gasteiger partial charge in [-0.1, -0.05) is 37.1 Å². The van der Waals surface area contributed by atoms with Gasteiger partial charge in [0.1, 0.15) is 0 Å². The maximum atomic E-state index is 11.1.